The molecule has 1 fully saturated rings. The Kier molecular flexibility index (Phi) is 3.00. The summed E-state index contributed by atoms with van der Waals surface area (Å²) in [4.78, 5) is 9.74. The standard InChI is InChI=1S/C10H10FNO4/c11-9-5-7(12(13)14)1-2-10(9)16-8-3-4-15-6-8/h1-2,5,8H,3-4,6H2. The highest BCUT2D eigenvalue weighted by Gasteiger charge is 2.20. The van der Waals surface area contributed by atoms with Crippen LogP contribution in [0.4, 0.5) is 10.1 Å². The summed E-state index contributed by atoms with van der Waals surface area (Å²) in [6, 6.07) is 3.34. The number of benzene rings is 1. The van der Waals surface area contributed by atoms with Crippen molar-refractivity contribution < 1.29 is 18.8 Å². The summed E-state index contributed by atoms with van der Waals surface area (Å²) in [6.45, 7) is 1.02. The van der Waals surface area contributed by atoms with Gasteiger partial charge in [-0.05, 0) is 6.07 Å². The molecule has 0 amide bonds. The highest BCUT2D eigenvalue weighted by molar-refractivity contribution is 5.37. The van der Waals surface area contributed by atoms with Crippen LogP contribution in [-0.4, -0.2) is 24.2 Å². The molecule has 6 heteroatoms. The molecule has 1 aliphatic heterocycles. The zero-order chi connectivity index (χ0) is 11.5. The molecule has 1 unspecified atom stereocenters. The molecule has 1 aliphatic rings. The molecule has 0 radical (unpaired) electrons. The zero-order valence-corrected chi connectivity index (χ0v) is 8.39. The fraction of sp³-hybridized carbons (Fsp3) is 0.400. The molecule has 86 valence electrons. The van der Waals surface area contributed by atoms with Crippen LogP contribution in [-0.2, 0) is 4.74 Å². The molecule has 0 aliphatic carbocycles. The van der Waals surface area contributed by atoms with Crippen LogP contribution in [0.1, 0.15) is 6.42 Å². The minimum absolute atomic E-state index is 0.0288. The Balaban J connectivity index is 2.12. The molecule has 0 aromatic heterocycles. The van der Waals surface area contributed by atoms with E-state index >= 15 is 0 Å². The highest BCUT2D eigenvalue weighted by Crippen LogP contribution is 2.24. The Bertz CT molecular complexity index is 404. The van der Waals surface area contributed by atoms with E-state index in [0.717, 1.165) is 6.07 Å². The normalized spacial score (nSPS) is 19.7. The predicted octanol–water partition coefficient (Wildman–Crippen LogP) is 1.90. The van der Waals surface area contributed by atoms with Crippen molar-refractivity contribution in [3.05, 3.63) is 34.1 Å². The Morgan fingerprint density at radius 1 is 1.56 bits per heavy atom. The van der Waals surface area contributed by atoms with Crippen molar-refractivity contribution in [3.8, 4) is 5.75 Å². The van der Waals surface area contributed by atoms with Gasteiger partial charge in [0.05, 0.1) is 24.2 Å². The summed E-state index contributed by atoms with van der Waals surface area (Å²) in [6.07, 6.45) is 0.534. The summed E-state index contributed by atoms with van der Waals surface area (Å²) in [5, 5.41) is 10.4. The molecule has 0 bridgehead atoms. The number of hydrogen-bond donors (Lipinski definition) is 0. The second kappa shape index (κ2) is 4.44. The van der Waals surface area contributed by atoms with Gasteiger partial charge in [-0.3, -0.25) is 10.1 Å². The average molecular weight is 227 g/mol. The van der Waals surface area contributed by atoms with Crippen molar-refractivity contribution in [3.63, 3.8) is 0 Å². The summed E-state index contributed by atoms with van der Waals surface area (Å²) < 4.78 is 23.8. The number of nitro benzene ring substituents is 1. The van der Waals surface area contributed by atoms with E-state index in [1.807, 2.05) is 0 Å². The first-order valence-corrected chi connectivity index (χ1v) is 4.85. The van der Waals surface area contributed by atoms with Crippen LogP contribution in [0.15, 0.2) is 18.2 Å². The third kappa shape index (κ3) is 2.27. The molecule has 16 heavy (non-hydrogen) atoms. The zero-order valence-electron chi connectivity index (χ0n) is 8.39. The van der Waals surface area contributed by atoms with Crippen molar-refractivity contribution in [1.29, 1.82) is 0 Å². The summed E-state index contributed by atoms with van der Waals surface area (Å²) in [5.41, 5.74) is -0.285. The monoisotopic (exact) mass is 227 g/mol. The van der Waals surface area contributed by atoms with Crippen LogP contribution in [0.3, 0.4) is 0 Å². The molecular formula is C10H10FNO4. The Morgan fingerprint density at radius 3 is 2.94 bits per heavy atom. The van der Waals surface area contributed by atoms with Gasteiger partial charge in [0.15, 0.2) is 11.6 Å². The minimum atomic E-state index is -0.721. The Morgan fingerprint density at radius 2 is 2.38 bits per heavy atom. The maximum atomic E-state index is 13.4. The van der Waals surface area contributed by atoms with E-state index in [9.17, 15) is 14.5 Å². The summed E-state index contributed by atoms with van der Waals surface area (Å²) >= 11 is 0. The molecule has 1 atom stereocenters. The van der Waals surface area contributed by atoms with Crippen molar-refractivity contribution >= 4 is 5.69 Å². The lowest BCUT2D eigenvalue weighted by molar-refractivity contribution is -0.385. The fourth-order valence-electron chi connectivity index (χ4n) is 1.48. The van der Waals surface area contributed by atoms with Crippen molar-refractivity contribution in [2.45, 2.75) is 12.5 Å². The topological polar surface area (TPSA) is 61.6 Å². The number of non-ortho nitro benzene ring substituents is 1. The molecule has 1 heterocycles. The van der Waals surface area contributed by atoms with Gasteiger partial charge in [-0.1, -0.05) is 0 Å². The second-order valence-electron chi connectivity index (χ2n) is 3.48. The predicted molar refractivity (Wildman–Crippen MR) is 52.9 cm³/mol. The molecule has 1 aromatic carbocycles. The average Bonchev–Trinajstić information content (AvgIpc) is 2.73. The van der Waals surface area contributed by atoms with E-state index in [2.05, 4.69) is 0 Å². The lowest BCUT2D eigenvalue weighted by Gasteiger charge is -2.11. The summed E-state index contributed by atoms with van der Waals surface area (Å²) in [7, 11) is 0. The van der Waals surface area contributed by atoms with Crippen LogP contribution in [0.5, 0.6) is 5.75 Å². The fourth-order valence-corrected chi connectivity index (χ4v) is 1.48. The van der Waals surface area contributed by atoms with Gasteiger partial charge < -0.3 is 9.47 Å². The first kappa shape index (κ1) is 10.8. The van der Waals surface area contributed by atoms with Crippen molar-refractivity contribution in [2.24, 2.45) is 0 Å². The molecule has 0 saturated carbocycles. The van der Waals surface area contributed by atoms with Crippen LogP contribution in [0.2, 0.25) is 0 Å². The first-order valence-electron chi connectivity index (χ1n) is 4.85. The van der Waals surface area contributed by atoms with Gasteiger partial charge in [-0.2, -0.15) is 0 Å². The maximum Gasteiger partial charge on any atom is 0.272 e. The first-order chi connectivity index (χ1) is 7.66. The van der Waals surface area contributed by atoms with Gasteiger partial charge in [0, 0.05) is 12.5 Å². The molecule has 2 rings (SSSR count). The van der Waals surface area contributed by atoms with E-state index in [1.165, 1.54) is 12.1 Å². The van der Waals surface area contributed by atoms with Gasteiger partial charge in [0.1, 0.15) is 6.10 Å². The van der Waals surface area contributed by atoms with E-state index in [1.54, 1.807) is 0 Å². The quantitative estimate of drug-likeness (QED) is 0.584. The Labute approximate surface area is 90.9 Å². The highest BCUT2D eigenvalue weighted by atomic mass is 19.1. The van der Waals surface area contributed by atoms with Crippen LogP contribution >= 0.6 is 0 Å². The van der Waals surface area contributed by atoms with Crippen molar-refractivity contribution in [1.82, 2.24) is 0 Å². The van der Waals surface area contributed by atoms with Crippen molar-refractivity contribution in [2.75, 3.05) is 13.2 Å². The summed E-state index contributed by atoms with van der Waals surface area (Å²) in [5.74, 6) is -0.692. The third-order valence-electron chi connectivity index (χ3n) is 2.31. The number of nitro groups is 1. The number of ether oxygens (including phenoxy) is 2. The SMILES string of the molecule is O=[N+]([O-])c1ccc(OC2CCOC2)c(F)c1. The largest absolute Gasteiger partial charge is 0.485 e. The van der Waals surface area contributed by atoms with Gasteiger partial charge >= 0.3 is 0 Å². The molecule has 1 saturated heterocycles. The number of rotatable bonds is 3. The number of hydrogen-bond acceptors (Lipinski definition) is 4. The van der Waals surface area contributed by atoms with Gasteiger partial charge in [0.25, 0.3) is 5.69 Å². The third-order valence-corrected chi connectivity index (χ3v) is 2.31. The molecule has 5 nitrogen and oxygen atoms in total. The Hall–Kier alpha value is -1.69. The number of halogens is 1. The van der Waals surface area contributed by atoms with E-state index in [4.69, 9.17) is 9.47 Å². The molecule has 0 N–H and O–H groups in total. The smallest absolute Gasteiger partial charge is 0.272 e. The lowest BCUT2D eigenvalue weighted by Crippen LogP contribution is -2.16. The van der Waals surface area contributed by atoms with Crippen LogP contribution in [0, 0.1) is 15.9 Å². The second-order valence-corrected chi connectivity index (χ2v) is 3.48. The lowest BCUT2D eigenvalue weighted by atomic mass is 10.2. The number of nitrogens with zero attached hydrogens (tertiary/aromatic N) is 1. The molecular weight excluding hydrogens is 217 g/mol. The van der Waals surface area contributed by atoms with Gasteiger partial charge in [-0.25, -0.2) is 4.39 Å². The van der Waals surface area contributed by atoms with E-state index in [0.29, 0.717) is 19.6 Å². The molecule has 0 spiro atoms. The van der Waals surface area contributed by atoms with E-state index < -0.39 is 10.7 Å². The van der Waals surface area contributed by atoms with Crippen LogP contribution in [0.25, 0.3) is 0 Å². The van der Waals surface area contributed by atoms with Crippen LogP contribution < -0.4 is 4.74 Å². The van der Waals surface area contributed by atoms with Gasteiger partial charge in [-0.15, -0.1) is 0 Å². The van der Waals surface area contributed by atoms with Gasteiger partial charge in [0.2, 0.25) is 0 Å². The maximum absolute atomic E-state index is 13.4. The molecule has 1 aromatic rings. The minimum Gasteiger partial charge on any atom is -0.485 e. The van der Waals surface area contributed by atoms with E-state index in [-0.39, 0.29) is 17.5 Å².